The smallest absolute Gasteiger partial charge is 0.319 e. The van der Waals surface area contributed by atoms with E-state index < -0.39 is 0 Å². The Morgan fingerprint density at radius 1 is 0.469 bits per heavy atom. The zero-order valence-electron chi connectivity index (χ0n) is 33.0. The third-order valence-electron chi connectivity index (χ3n) is 10.5. The van der Waals surface area contributed by atoms with Crippen molar-refractivity contribution in [1.82, 2.24) is 5.32 Å². The van der Waals surface area contributed by atoms with Crippen LogP contribution < -0.4 is 10.6 Å². The summed E-state index contributed by atoms with van der Waals surface area (Å²) in [7, 11) is 0. The molecule has 286 valence electrons. The van der Waals surface area contributed by atoms with Crippen LogP contribution in [0, 0.1) is 0 Å². The Morgan fingerprint density at radius 2 is 0.735 bits per heavy atom. The number of benzene rings is 1. The lowest BCUT2D eigenvalue weighted by atomic mass is 10.0. The molecule has 0 spiro atoms. The van der Waals surface area contributed by atoms with E-state index in [9.17, 15) is 9.90 Å². The molecule has 0 aliphatic rings. The maximum absolute atomic E-state index is 12.1. The van der Waals surface area contributed by atoms with Gasteiger partial charge in [0.1, 0.15) is 5.75 Å². The first-order valence-electron chi connectivity index (χ1n) is 22.0. The molecule has 0 bridgehead atoms. The van der Waals surface area contributed by atoms with E-state index in [1.807, 2.05) is 0 Å². The maximum Gasteiger partial charge on any atom is 0.319 e. The fourth-order valence-corrected chi connectivity index (χ4v) is 7.19. The Balaban J connectivity index is 1.67. The van der Waals surface area contributed by atoms with Gasteiger partial charge in [-0.15, -0.1) is 0 Å². The monoisotopic (exact) mass is 685 g/mol. The standard InChI is InChI=1S/C45H84N2O2/c1-3-4-5-6-7-8-9-10-11-12-13-14-15-16-17-18-19-20-21-22-23-24-25-26-27-28-29-30-31-32-33-34-35-36-37-42(2)46-45(49)47-43-38-40-44(48)41-39-43/h38-42,48H,3-37H2,1-2H3,(H2,46,47,49). The number of phenols is 1. The van der Waals surface area contributed by atoms with E-state index in [4.69, 9.17) is 0 Å². The molecule has 1 rings (SSSR count). The average molecular weight is 685 g/mol. The van der Waals surface area contributed by atoms with Crippen LogP contribution in [0.3, 0.4) is 0 Å². The fourth-order valence-electron chi connectivity index (χ4n) is 7.19. The van der Waals surface area contributed by atoms with Gasteiger partial charge in [0, 0.05) is 11.7 Å². The van der Waals surface area contributed by atoms with Gasteiger partial charge >= 0.3 is 6.03 Å². The Labute approximate surface area is 306 Å². The molecule has 0 aromatic heterocycles. The van der Waals surface area contributed by atoms with Crippen LogP contribution in [0.4, 0.5) is 10.5 Å². The van der Waals surface area contributed by atoms with Crippen LogP contribution in [0.15, 0.2) is 24.3 Å². The molecule has 0 heterocycles. The van der Waals surface area contributed by atoms with Crippen molar-refractivity contribution in [3.8, 4) is 5.75 Å². The highest BCUT2D eigenvalue weighted by Crippen LogP contribution is 2.18. The maximum atomic E-state index is 12.1. The molecule has 1 atom stereocenters. The largest absolute Gasteiger partial charge is 0.508 e. The summed E-state index contributed by atoms with van der Waals surface area (Å²) >= 11 is 0. The second-order valence-electron chi connectivity index (χ2n) is 15.5. The molecular formula is C45H84N2O2. The zero-order chi connectivity index (χ0) is 35.3. The molecule has 1 aromatic rings. The first-order valence-corrected chi connectivity index (χ1v) is 22.0. The number of hydrogen-bond acceptors (Lipinski definition) is 2. The molecule has 4 nitrogen and oxygen atoms in total. The van der Waals surface area contributed by atoms with Crippen molar-refractivity contribution < 1.29 is 9.90 Å². The number of carbonyl (C=O) groups excluding carboxylic acids is 1. The van der Waals surface area contributed by atoms with Crippen molar-refractivity contribution in [2.45, 2.75) is 245 Å². The van der Waals surface area contributed by atoms with Gasteiger partial charge in [0.2, 0.25) is 0 Å². The SMILES string of the molecule is CCCCCCCCCCCCCCCCCCCCCCCCCCCCCCCCCCCCC(C)NC(=O)Nc1ccc(O)cc1. The summed E-state index contributed by atoms with van der Waals surface area (Å²) in [6.07, 6.45) is 49.8. The Bertz CT molecular complexity index is 811. The van der Waals surface area contributed by atoms with Crippen molar-refractivity contribution in [3.63, 3.8) is 0 Å². The number of aromatic hydroxyl groups is 1. The number of nitrogens with one attached hydrogen (secondary N) is 2. The summed E-state index contributed by atoms with van der Waals surface area (Å²) in [6, 6.07) is 6.53. The molecule has 2 amide bonds. The van der Waals surface area contributed by atoms with Gasteiger partial charge in [-0.05, 0) is 37.6 Å². The summed E-state index contributed by atoms with van der Waals surface area (Å²) < 4.78 is 0. The van der Waals surface area contributed by atoms with Gasteiger partial charge in [0.15, 0.2) is 0 Å². The van der Waals surface area contributed by atoms with E-state index in [0.717, 1.165) is 6.42 Å². The summed E-state index contributed by atoms with van der Waals surface area (Å²) in [5.41, 5.74) is 0.689. The van der Waals surface area contributed by atoms with Gasteiger partial charge in [-0.1, -0.05) is 225 Å². The molecule has 3 N–H and O–H groups in total. The summed E-state index contributed by atoms with van der Waals surface area (Å²) in [5.74, 6) is 0.200. The lowest BCUT2D eigenvalue weighted by Crippen LogP contribution is -2.36. The van der Waals surface area contributed by atoms with Crippen molar-refractivity contribution in [2.75, 3.05) is 5.32 Å². The minimum absolute atomic E-state index is 0.167. The van der Waals surface area contributed by atoms with Crippen molar-refractivity contribution in [2.24, 2.45) is 0 Å². The molecule has 0 saturated carbocycles. The second kappa shape index (κ2) is 36.1. The van der Waals surface area contributed by atoms with Gasteiger partial charge in [-0.2, -0.15) is 0 Å². The van der Waals surface area contributed by atoms with Crippen LogP contribution >= 0.6 is 0 Å². The summed E-state index contributed by atoms with van der Waals surface area (Å²) in [4.78, 5) is 12.1. The molecule has 1 aromatic carbocycles. The van der Waals surface area contributed by atoms with Crippen LogP contribution in [0.5, 0.6) is 5.75 Å². The highest BCUT2D eigenvalue weighted by molar-refractivity contribution is 5.89. The average Bonchev–Trinajstić information content (AvgIpc) is 3.09. The highest BCUT2D eigenvalue weighted by atomic mass is 16.3. The number of rotatable bonds is 37. The molecule has 4 heteroatoms. The Morgan fingerprint density at radius 3 is 1.02 bits per heavy atom. The summed E-state index contributed by atoms with van der Waals surface area (Å²) in [6.45, 7) is 4.37. The van der Waals surface area contributed by atoms with Gasteiger partial charge in [-0.25, -0.2) is 4.79 Å². The quantitative estimate of drug-likeness (QED) is 0.0482. The topological polar surface area (TPSA) is 61.4 Å². The van der Waals surface area contributed by atoms with Gasteiger partial charge < -0.3 is 15.7 Å². The first-order chi connectivity index (χ1) is 24.1. The summed E-state index contributed by atoms with van der Waals surface area (Å²) in [5, 5.41) is 15.2. The van der Waals surface area contributed by atoms with E-state index in [1.165, 1.54) is 218 Å². The Kier molecular flexibility index (Phi) is 33.4. The van der Waals surface area contributed by atoms with E-state index in [-0.39, 0.29) is 17.8 Å². The van der Waals surface area contributed by atoms with Gasteiger partial charge in [0.05, 0.1) is 0 Å². The predicted octanol–water partition coefficient (Wildman–Crippen LogP) is 15.6. The van der Waals surface area contributed by atoms with E-state index in [0.29, 0.717) is 5.69 Å². The molecule has 0 radical (unpaired) electrons. The lowest BCUT2D eigenvalue weighted by molar-refractivity contribution is 0.248. The fraction of sp³-hybridized carbons (Fsp3) is 0.844. The van der Waals surface area contributed by atoms with Crippen LogP contribution in [0.25, 0.3) is 0 Å². The molecular weight excluding hydrogens is 601 g/mol. The van der Waals surface area contributed by atoms with Crippen molar-refractivity contribution >= 4 is 11.7 Å². The highest BCUT2D eigenvalue weighted by Gasteiger charge is 2.07. The number of phenolic OH excluding ortho intramolecular Hbond substituents is 1. The molecule has 0 aliphatic heterocycles. The van der Waals surface area contributed by atoms with Crippen molar-refractivity contribution in [3.05, 3.63) is 24.3 Å². The van der Waals surface area contributed by atoms with Crippen LogP contribution in [0.1, 0.15) is 239 Å². The lowest BCUT2D eigenvalue weighted by Gasteiger charge is -2.14. The van der Waals surface area contributed by atoms with E-state index in [1.54, 1.807) is 24.3 Å². The minimum Gasteiger partial charge on any atom is -0.508 e. The normalized spacial score (nSPS) is 12.0. The number of hydrogen-bond donors (Lipinski definition) is 3. The van der Waals surface area contributed by atoms with Crippen LogP contribution in [-0.2, 0) is 0 Å². The van der Waals surface area contributed by atoms with Gasteiger partial charge in [-0.3, -0.25) is 0 Å². The number of urea groups is 1. The number of carbonyl (C=O) groups is 1. The molecule has 49 heavy (non-hydrogen) atoms. The molecule has 0 saturated heterocycles. The zero-order valence-corrected chi connectivity index (χ0v) is 33.0. The third-order valence-corrected chi connectivity index (χ3v) is 10.5. The first kappa shape index (κ1) is 45.3. The van der Waals surface area contributed by atoms with Gasteiger partial charge in [0.25, 0.3) is 0 Å². The Hall–Kier alpha value is -1.71. The number of anilines is 1. The number of amides is 2. The van der Waals surface area contributed by atoms with Crippen LogP contribution in [0.2, 0.25) is 0 Å². The molecule has 0 fully saturated rings. The predicted molar refractivity (Wildman–Crippen MR) is 217 cm³/mol. The molecule has 1 unspecified atom stereocenters. The van der Waals surface area contributed by atoms with E-state index >= 15 is 0 Å². The van der Waals surface area contributed by atoms with E-state index in [2.05, 4.69) is 24.5 Å². The number of unbranched alkanes of at least 4 members (excludes halogenated alkanes) is 33. The third kappa shape index (κ3) is 33.2. The van der Waals surface area contributed by atoms with Crippen LogP contribution in [-0.4, -0.2) is 17.2 Å². The minimum atomic E-state index is -0.181. The molecule has 0 aliphatic carbocycles. The second-order valence-corrected chi connectivity index (χ2v) is 15.5. The van der Waals surface area contributed by atoms with Crippen molar-refractivity contribution in [1.29, 1.82) is 0 Å².